The molecule has 0 spiro atoms. The molecule has 0 fully saturated rings. The first kappa shape index (κ1) is 24.0. The zero-order valence-electron chi connectivity index (χ0n) is 19.5. The average molecular weight is 492 g/mol. The Hall–Kier alpha value is -4.11. The van der Waals surface area contributed by atoms with Crippen LogP contribution in [0, 0.1) is 0 Å². The summed E-state index contributed by atoms with van der Waals surface area (Å²) < 4.78 is 29.9. The van der Waals surface area contributed by atoms with Crippen LogP contribution in [0.15, 0.2) is 72.8 Å². The van der Waals surface area contributed by atoms with E-state index in [9.17, 15) is 18.0 Å². The number of fused-ring (bicyclic) bond motifs is 1. The third-order valence-electron chi connectivity index (χ3n) is 5.59. The fourth-order valence-corrected chi connectivity index (χ4v) is 4.24. The van der Waals surface area contributed by atoms with Crippen LogP contribution >= 0.6 is 0 Å². The SMILES string of the molecule is CCOC(=O)c1ccc2c(c1)NC(=O)C2=C(Nc1ccc(N(C)S(C)(=O)=O)cc1)c1ccccc1. The van der Waals surface area contributed by atoms with E-state index in [4.69, 9.17) is 4.74 Å². The maximum Gasteiger partial charge on any atom is 0.338 e. The van der Waals surface area contributed by atoms with Crippen LogP contribution in [-0.4, -0.2) is 40.2 Å². The van der Waals surface area contributed by atoms with Crippen molar-refractivity contribution in [3.63, 3.8) is 0 Å². The summed E-state index contributed by atoms with van der Waals surface area (Å²) >= 11 is 0. The van der Waals surface area contributed by atoms with Gasteiger partial charge < -0.3 is 15.4 Å². The lowest BCUT2D eigenvalue weighted by Gasteiger charge is -2.18. The van der Waals surface area contributed by atoms with Gasteiger partial charge >= 0.3 is 5.97 Å². The number of ether oxygens (including phenoxy) is 1. The molecule has 0 bridgehead atoms. The second-order valence-electron chi connectivity index (χ2n) is 7.95. The fourth-order valence-electron chi connectivity index (χ4n) is 3.74. The van der Waals surface area contributed by atoms with E-state index in [2.05, 4.69) is 10.6 Å². The van der Waals surface area contributed by atoms with E-state index < -0.39 is 16.0 Å². The number of esters is 1. The monoisotopic (exact) mass is 491 g/mol. The zero-order valence-corrected chi connectivity index (χ0v) is 20.3. The highest BCUT2D eigenvalue weighted by molar-refractivity contribution is 7.92. The maximum absolute atomic E-state index is 13.1. The molecule has 0 aliphatic carbocycles. The van der Waals surface area contributed by atoms with E-state index in [1.165, 1.54) is 11.4 Å². The van der Waals surface area contributed by atoms with Crippen LogP contribution in [0.2, 0.25) is 0 Å². The molecule has 0 radical (unpaired) electrons. The van der Waals surface area contributed by atoms with Crippen molar-refractivity contribution < 1.29 is 22.7 Å². The van der Waals surface area contributed by atoms with E-state index >= 15 is 0 Å². The number of hydrogen-bond donors (Lipinski definition) is 2. The molecule has 0 saturated heterocycles. The Bertz CT molecular complexity index is 1420. The Morgan fingerprint density at radius 3 is 2.31 bits per heavy atom. The number of benzene rings is 3. The van der Waals surface area contributed by atoms with Gasteiger partial charge in [-0.1, -0.05) is 36.4 Å². The summed E-state index contributed by atoms with van der Waals surface area (Å²) in [5.41, 5.74) is 4.52. The summed E-state index contributed by atoms with van der Waals surface area (Å²) in [5, 5.41) is 6.17. The second kappa shape index (κ2) is 9.63. The number of nitrogens with zero attached hydrogens (tertiary/aromatic N) is 1. The van der Waals surface area contributed by atoms with Crippen molar-refractivity contribution in [1.82, 2.24) is 0 Å². The Balaban J connectivity index is 1.77. The van der Waals surface area contributed by atoms with Crippen molar-refractivity contribution in [2.45, 2.75) is 6.92 Å². The highest BCUT2D eigenvalue weighted by Crippen LogP contribution is 2.38. The molecule has 9 heteroatoms. The van der Waals surface area contributed by atoms with Gasteiger partial charge in [0.25, 0.3) is 5.91 Å². The Morgan fingerprint density at radius 1 is 1.00 bits per heavy atom. The Labute approximate surface area is 204 Å². The highest BCUT2D eigenvalue weighted by Gasteiger charge is 2.29. The first-order valence-electron chi connectivity index (χ1n) is 10.9. The Morgan fingerprint density at radius 2 is 1.69 bits per heavy atom. The van der Waals surface area contributed by atoms with Crippen molar-refractivity contribution in [3.8, 4) is 0 Å². The average Bonchev–Trinajstić information content (AvgIpc) is 3.17. The summed E-state index contributed by atoms with van der Waals surface area (Å²) in [6, 6.07) is 21.2. The molecule has 3 aromatic rings. The minimum atomic E-state index is -3.38. The third kappa shape index (κ3) is 5.04. The third-order valence-corrected chi connectivity index (χ3v) is 6.79. The lowest BCUT2D eigenvalue weighted by atomic mass is 9.99. The molecule has 4 rings (SSSR count). The molecular weight excluding hydrogens is 466 g/mol. The predicted molar refractivity (Wildman–Crippen MR) is 138 cm³/mol. The van der Waals surface area contributed by atoms with Crippen LogP contribution in [0.5, 0.6) is 0 Å². The molecule has 3 aromatic carbocycles. The number of hydrogen-bond acceptors (Lipinski definition) is 6. The second-order valence-corrected chi connectivity index (χ2v) is 9.97. The van der Waals surface area contributed by atoms with Crippen LogP contribution in [0.4, 0.5) is 17.1 Å². The van der Waals surface area contributed by atoms with Gasteiger partial charge in [-0.15, -0.1) is 0 Å². The van der Waals surface area contributed by atoms with Crippen molar-refractivity contribution >= 4 is 50.2 Å². The first-order valence-corrected chi connectivity index (χ1v) is 12.8. The fraction of sp³-hybridized carbons (Fsp3) is 0.154. The molecule has 35 heavy (non-hydrogen) atoms. The molecule has 1 heterocycles. The van der Waals surface area contributed by atoms with E-state index in [1.54, 1.807) is 49.4 Å². The molecule has 0 aromatic heterocycles. The molecule has 1 aliphatic heterocycles. The van der Waals surface area contributed by atoms with Crippen molar-refractivity contribution in [3.05, 3.63) is 89.5 Å². The topological polar surface area (TPSA) is 105 Å². The molecule has 1 amide bonds. The van der Waals surface area contributed by atoms with Gasteiger partial charge in [0.2, 0.25) is 10.0 Å². The van der Waals surface area contributed by atoms with Crippen LogP contribution in [0.3, 0.4) is 0 Å². The van der Waals surface area contributed by atoms with Crippen LogP contribution < -0.4 is 14.9 Å². The quantitative estimate of drug-likeness (QED) is 0.379. The minimum Gasteiger partial charge on any atom is -0.462 e. The molecule has 2 N–H and O–H groups in total. The maximum atomic E-state index is 13.1. The standard InChI is InChI=1S/C26H25N3O5S/c1-4-34-26(31)18-10-15-21-22(16-18)28-25(30)23(21)24(17-8-6-5-7-9-17)27-19-11-13-20(14-12-19)29(2)35(3,32)33/h5-16,27H,4H2,1-3H3,(H,28,30). The lowest BCUT2D eigenvalue weighted by molar-refractivity contribution is -0.110. The lowest BCUT2D eigenvalue weighted by Crippen LogP contribution is -2.24. The van der Waals surface area contributed by atoms with Gasteiger partial charge in [0.15, 0.2) is 0 Å². The number of amides is 1. The molecule has 0 atom stereocenters. The number of anilines is 3. The smallest absolute Gasteiger partial charge is 0.338 e. The molecule has 0 unspecified atom stereocenters. The summed E-state index contributed by atoms with van der Waals surface area (Å²) in [4.78, 5) is 25.2. The number of sulfonamides is 1. The molecular formula is C26H25N3O5S. The van der Waals surface area contributed by atoms with Crippen LogP contribution in [0.25, 0.3) is 11.3 Å². The summed E-state index contributed by atoms with van der Waals surface area (Å²) in [5.74, 6) is -0.761. The number of carbonyl (C=O) groups excluding carboxylic acids is 2. The summed E-state index contributed by atoms with van der Waals surface area (Å²) in [6.07, 6.45) is 1.14. The largest absolute Gasteiger partial charge is 0.462 e. The molecule has 1 aliphatic rings. The van der Waals surface area contributed by atoms with Gasteiger partial charge in [-0.05, 0) is 48.9 Å². The van der Waals surface area contributed by atoms with Gasteiger partial charge in [0.1, 0.15) is 0 Å². The van der Waals surface area contributed by atoms with Crippen molar-refractivity contribution in [1.29, 1.82) is 0 Å². The molecule has 180 valence electrons. The van der Waals surface area contributed by atoms with Crippen LogP contribution in [-0.2, 0) is 19.6 Å². The van der Waals surface area contributed by atoms with Gasteiger partial charge in [-0.2, -0.15) is 0 Å². The van der Waals surface area contributed by atoms with Gasteiger partial charge in [-0.25, -0.2) is 13.2 Å². The van der Waals surface area contributed by atoms with Gasteiger partial charge in [0, 0.05) is 18.3 Å². The van der Waals surface area contributed by atoms with Gasteiger partial charge in [-0.3, -0.25) is 9.10 Å². The summed E-state index contributed by atoms with van der Waals surface area (Å²) in [7, 11) is -1.90. The van der Waals surface area contributed by atoms with Crippen molar-refractivity contribution in [2.75, 3.05) is 34.8 Å². The normalized spacial score (nSPS) is 14.1. The van der Waals surface area contributed by atoms with Crippen molar-refractivity contribution in [2.24, 2.45) is 0 Å². The van der Waals surface area contributed by atoms with E-state index in [1.807, 2.05) is 30.3 Å². The van der Waals surface area contributed by atoms with Gasteiger partial charge in [0.05, 0.1) is 41.1 Å². The Kier molecular flexibility index (Phi) is 6.61. The van der Waals surface area contributed by atoms with E-state index in [0.29, 0.717) is 39.5 Å². The zero-order chi connectivity index (χ0) is 25.2. The number of carbonyl (C=O) groups is 2. The van der Waals surface area contributed by atoms with E-state index in [-0.39, 0.29) is 12.5 Å². The number of nitrogens with one attached hydrogen (secondary N) is 2. The molecule has 0 saturated carbocycles. The molecule has 8 nitrogen and oxygen atoms in total. The minimum absolute atomic E-state index is 0.258. The highest BCUT2D eigenvalue weighted by atomic mass is 32.2. The number of rotatable bonds is 7. The first-order chi connectivity index (χ1) is 16.7. The predicted octanol–water partition coefficient (Wildman–Crippen LogP) is 4.19. The van der Waals surface area contributed by atoms with E-state index in [0.717, 1.165) is 11.8 Å². The summed E-state index contributed by atoms with van der Waals surface area (Å²) in [6.45, 7) is 1.99. The van der Waals surface area contributed by atoms with Crippen LogP contribution in [0.1, 0.15) is 28.4 Å².